The van der Waals surface area contributed by atoms with Crippen LogP contribution in [0, 0.1) is 13.8 Å². The number of anilines is 1. The predicted molar refractivity (Wildman–Crippen MR) is 114 cm³/mol. The molecule has 1 amide bonds. The minimum Gasteiger partial charge on any atom is -0.487 e. The largest absolute Gasteiger partial charge is 0.487 e. The summed E-state index contributed by atoms with van der Waals surface area (Å²) in [4.78, 5) is 25.2. The Balaban J connectivity index is 1.29. The summed E-state index contributed by atoms with van der Waals surface area (Å²) in [6, 6.07) is 9.00. The van der Waals surface area contributed by atoms with Crippen molar-refractivity contribution in [1.29, 1.82) is 0 Å². The number of nitrogens with one attached hydrogen (secondary N) is 2. The molecule has 0 saturated heterocycles. The number of rotatable bonds is 8. The molecular weight excluding hydrogens is 402 g/mol. The smallest absolute Gasteiger partial charge is 0.254 e. The lowest BCUT2D eigenvalue weighted by molar-refractivity contribution is 0.0954. The number of benzene rings is 1. The van der Waals surface area contributed by atoms with E-state index in [0.29, 0.717) is 36.8 Å². The van der Waals surface area contributed by atoms with Crippen LogP contribution in [0.2, 0.25) is 0 Å². The van der Waals surface area contributed by atoms with Crippen molar-refractivity contribution in [2.45, 2.75) is 20.5 Å². The third-order valence-corrected chi connectivity index (χ3v) is 5.07. The number of nitrogens with zero attached hydrogens (tertiary/aromatic N) is 5. The number of amides is 1. The minimum absolute atomic E-state index is 0.163. The lowest BCUT2D eigenvalue weighted by Crippen LogP contribution is -2.29. The molecule has 0 aliphatic carbocycles. The van der Waals surface area contributed by atoms with Crippen molar-refractivity contribution in [2.75, 3.05) is 18.4 Å². The topological polar surface area (TPSA) is 106 Å². The first kappa shape index (κ1) is 19.8. The van der Waals surface area contributed by atoms with Crippen molar-refractivity contribution >= 4 is 28.8 Å². The monoisotopic (exact) mass is 423 g/mol. The summed E-state index contributed by atoms with van der Waals surface area (Å²) in [7, 11) is 0. The van der Waals surface area contributed by atoms with Crippen LogP contribution in [0.1, 0.15) is 26.8 Å². The van der Waals surface area contributed by atoms with Gasteiger partial charge in [-0.05, 0) is 32.0 Å². The van der Waals surface area contributed by atoms with E-state index >= 15 is 0 Å². The Morgan fingerprint density at radius 2 is 2.10 bits per heavy atom. The third-order valence-electron chi connectivity index (χ3n) is 4.25. The quantitative estimate of drug-likeness (QED) is 0.420. The van der Waals surface area contributed by atoms with Crippen LogP contribution in [0.4, 0.5) is 5.82 Å². The van der Waals surface area contributed by atoms with Crippen LogP contribution < -0.4 is 15.4 Å². The molecule has 0 aliphatic heterocycles. The molecule has 0 unspecified atom stereocenters. The molecule has 0 aliphatic rings. The average molecular weight is 424 g/mol. The van der Waals surface area contributed by atoms with Gasteiger partial charge < -0.3 is 15.4 Å². The van der Waals surface area contributed by atoms with E-state index in [2.05, 4.69) is 30.7 Å². The fourth-order valence-corrected chi connectivity index (χ4v) is 3.48. The Labute approximate surface area is 177 Å². The number of fused-ring (bicyclic) bond motifs is 1. The molecule has 3 aromatic heterocycles. The van der Waals surface area contributed by atoms with Crippen molar-refractivity contribution in [1.82, 2.24) is 29.9 Å². The van der Waals surface area contributed by atoms with Gasteiger partial charge in [0.25, 0.3) is 11.7 Å². The molecule has 0 spiro atoms. The van der Waals surface area contributed by atoms with Crippen LogP contribution in [0.25, 0.3) is 5.78 Å². The zero-order valence-corrected chi connectivity index (χ0v) is 17.4. The van der Waals surface area contributed by atoms with Gasteiger partial charge >= 0.3 is 0 Å². The van der Waals surface area contributed by atoms with Gasteiger partial charge in [-0.25, -0.2) is 9.97 Å². The lowest BCUT2D eigenvalue weighted by Gasteiger charge is -2.10. The van der Waals surface area contributed by atoms with Crippen LogP contribution in [-0.2, 0) is 6.61 Å². The lowest BCUT2D eigenvalue weighted by atomic mass is 10.2. The first-order valence-electron chi connectivity index (χ1n) is 9.42. The molecule has 0 atom stereocenters. The van der Waals surface area contributed by atoms with Crippen molar-refractivity contribution in [3.63, 3.8) is 0 Å². The third kappa shape index (κ3) is 4.71. The van der Waals surface area contributed by atoms with Crippen LogP contribution in [-0.4, -0.2) is 43.6 Å². The zero-order valence-electron chi connectivity index (χ0n) is 16.6. The van der Waals surface area contributed by atoms with Crippen molar-refractivity contribution in [2.24, 2.45) is 0 Å². The Morgan fingerprint density at radius 1 is 1.20 bits per heavy atom. The molecule has 0 fully saturated rings. The Hall–Kier alpha value is -3.53. The summed E-state index contributed by atoms with van der Waals surface area (Å²) in [6.07, 6.45) is 1.46. The van der Waals surface area contributed by atoms with Gasteiger partial charge in [0.05, 0.1) is 10.7 Å². The summed E-state index contributed by atoms with van der Waals surface area (Å²) in [6.45, 7) is 5.20. The zero-order chi connectivity index (χ0) is 20.9. The Morgan fingerprint density at radius 3 is 2.93 bits per heavy atom. The molecular formula is C20H21N7O2S. The maximum absolute atomic E-state index is 12.5. The van der Waals surface area contributed by atoms with Crippen molar-refractivity contribution in [3.05, 3.63) is 64.0 Å². The van der Waals surface area contributed by atoms with E-state index in [1.807, 2.05) is 31.4 Å². The molecule has 0 saturated carbocycles. The highest BCUT2D eigenvalue weighted by Gasteiger charge is 2.08. The van der Waals surface area contributed by atoms with Crippen LogP contribution in [0.3, 0.4) is 0 Å². The van der Waals surface area contributed by atoms with Gasteiger partial charge in [-0.2, -0.15) is 14.6 Å². The van der Waals surface area contributed by atoms with E-state index in [0.717, 1.165) is 22.2 Å². The molecule has 4 aromatic rings. The van der Waals surface area contributed by atoms with Gasteiger partial charge in [0.2, 0.25) is 0 Å². The van der Waals surface area contributed by atoms with E-state index in [1.54, 1.807) is 34.1 Å². The van der Waals surface area contributed by atoms with Crippen LogP contribution in [0.5, 0.6) is 5.75 Å². The minimum atomic E-state index is -0.163. The number of carbonyl (C=O) groups excluding carboxylic acids is 1. The normalized spacial score (nSPS) is 10.9. The maximum Gasteiger partial charge on any atom is 0.254 e. The first-order chi connectivity index (χ1) is 14.6. The van der Waals surface area contributed by atoms with Gasteiger partial charge in [-0.15, -0.1) is 11.3 Å². The predicted octanol–water partition coefficient (Wildman–Crippen LogP) is 2.62. The molecule has 10 heteroatoms. The van der Waals surface area contributed by atoms with Crippen molar-refractivity contribution in [3.8, 4) is 5.75 Å². The van der Waals surface area contributed by atoms with E-state index in [1.165, 1.54) is 6.33 Å². The SMILES string of the molecule is Cc1cc(NCCNC(=O)c2cccc(OCc3csc(C)n3)c2)n2ncnc2n1. The van der Waals surface area contributed by atoms with E-state index in [9.17, 15) is 4.79 Å². The second kappa shape index (κ2) is 8.87. The van der Waals surface area contributed by atoms with Crippen molar-refractivity contribution < 1.29 is 9.53 Å². The van der Waals surface area contributed by atoms with E-state index < -0.39 is 0 Å². The van der Waals surface area contributed by atoms with Crippen LogP contribution >= 0.6 is 11.3 Å². The summed E-state index contributed by atoms with van der Waals surface area (Å²) < 4.78 is 7.38. The fraction of sp³-hybridized carbons (Fsp3) is 0.250. The summed E-state index contributed by atoms with van der Waals surface area (Å²) in [5.41, 5.74) is 2.26. The number of aromatic nitrogens is 5. The summed E-state index contributed by atoms with van der Waals surface area (Å²) in [5, 5.41) is 13.3. The standard InChI is InChI=1S/C20H21N7O2S/c1-13-8-18(27-20(25-13)23-12-24-27)21-6-7-22-19(28)15-4-3-5-17(9-15)29-10-16-11-30-14(2)26-16/h3-5,8-9,11-12,21H,6-7,10H2,1-2H3,(H,22,28). The van der Waals surface area contributed by atoms with Gasteiger partial charge in [-0.3, -0.25) is 4.79 Å². The summed E-state index contributed by atoms with van der Waals surface area (Å²) >= 11 is 1.59. The van der Waals surface area contributed by atoms with Gasteiger partial charge in [0.1, 0.15) is 24.5 Å². The highest BCUT2D eigenvalue weighted by atomic mass is 32.1. The Bertz CT molecular complexity index is 1170. The van der Waals surface area contributed by atoms with Gasteiger partial charge in [-0.1, -0.05) is 6.07 Å². The summed E-state index contributed by atoms with van der Waals surface area (Å²) in [5.74, 6) is 1.78. The van der Waals surface area contributed by atoms with Gasteiger partial charge in [0, 0.05) is 35.8 Å². The molecule has 4 rings (SSSR count). The highest BCUT2D eigenvalue weighted by molar-refractivity contribution is 7.09. The Kier molecular flexibility index (Phi) is 5.84. The maximum atomic E-state index is 12.5. The molecule has 2 N–H and O–H groups in total. The molecule has 1 aromatic carbocycles. The number of thiazole rings is 1. The average Bonchev–Trinajstić information content (AvgIpc) is 3.38. The van der Waals surface area contributed by atoms with E-state index in [-0.39, 0.29) is 5.91 Å². The number of hydrogen-bond acceptors (Lipinski definition) is 8. The molecule has 0 radical (unpaired) electrons. The number of ether oxygens (including phenoxy) is 1. The highest BCUT2D eigenvalue weighted by Crippen LogP contribution is 2.16. The molecule has 30 heavy (non-hydrogen) atoms. The molecule has 154 valence electrons. The fourth-order valence-electron chi connectivity index (χ4n) is 2.88. The molecule has 9 nitrogen and oxygen atoms in total. The molecule has 3 heterocycles. The molecule has 0 bridgehead atoms. The number of aryl methyl sites for hydroxylation is 2. The number of hydrogen-bond donors (Lipinski definition) is 2. The van der Waals surface area contributed by atoms with Gasteiger partial charge in [0.15, 0.2) is 0 Å². The second-order valence-electron chi connectivity index (χ2n) is 6.61. The first-order valence-corrected chi connectivity index (χ1v) is 10.3. The second-order valence-corrected chi connectivity index (χ2v) is 7.67. The van der Waals surface area contributed by atoms with E-state index in [4.69, 9.17) is 4.74 Å². The number of carbonyl (C=O) groups is 1. The van der Waals surface area contributed by atoms with Crippen LogP contribution in [0.15, 0.2) is 42.0 Å².